The average molecular weight is 276 g/mol. The van der Waals surface area contributed by atoms with Crippen molar-refractivity contribution in [1.29, 1.82) is 0 Å². The zero-order valence-electron chi connectivity index (χ0n) is 12.0. The number of aliphatic hydroxyl groups excluding tert-OH is 1. The van der Waals surface area contributed by atoms with Crippen molar-refractivity contribution in [2.75, 3.05) is 13.1 Å². The van der Waals surface area contributed by atoms with Crippen molar-refractivity contribution in [2.24, 2.45) is 5.92 Å². The van der Waals surface area contributed by atoms with Crippen LogP contribution in [0, 0.1) is 5.92 Å². The van der Waals surface area contributed by atoms with E-state index in [1.807, 2.05) is 37.3 Å². The van der Waals surface area contributed by atoms with Gasteiger partial charge in [-0.15, -0.1) is 0 Å². The van der Waals surface area contributed by atoms with Gasteiger partial charge in [0.05, 0.1) is 12.0 Å². The maximum absolute atomic E-state index is 12.1. The Balaban J connectivity index is 1.79. The molecule has 1 fully saturated rings. The quantitative estimate of drug-likeness (QED) is 0.766. The summed E-state index contributed by atoms with van der Waals surface area (Å²) in [6.07, 6.45) is 2.01. The molecule has 0 spiro atoms. The second-order valence-electron chi connectivity index (χ2n) is 5.62. The number of amides is 1. The van der Waals surface area contributed by atoms with Crippen LogP contribution in [0.3, 0.4) is 0 Å². The molecule has 1 aromatic rings. The molecule has 2 rings (SSSR count). The minimum atomic E-state index is -0.531. The van der Waals surface area contributed by atoms with Crippen molar-refractivity contribution in [3.63, 3.8) is 0 Å². The van der Waals surface area contributed by atoms with Gasteiger partial charge in [0, 0.05) is 12.6 Å². The molecule has 1 amide bonds. The van der Waals surface area contributed by atoms with Crippen LogP contribution < -0.4 is 10.6 Å². The first-order valence-electron chi connectivity index (χ1n) is 7.41. The smallest absolute Gasteiger partial charge is 0.224 e. The highest BCUT2D eigenvalue weighted by Gasteiger charge is 2.22. The van der Waals surface area contributed by atoms with E-state index in [2.05, 4.69) is 10.6 Å². The van der Waals surface area contributed by atoms with Crippen molar-refractivity contribution in [1.82, 2.24) is 10.6 Å². The number of hydrogen-bond donors (Lipinski definition) is 3. The van der Waals surface area contributed by atoms with Gasteiger partial charge in [-0.1, -0.05) is 30.3 Å². The first-order chi connectivity index (χ1) is 9.66. The molecule has 0 radical (unpaired) electrons. The summed E-state index contributed by atoms with van der Waals surface area (Å²) < 4.78 is 0. The summed E-state index contributed by atoms with van der Waals surface area (Å²) in [4.78, 5) is 12.1. The van der Waals surface area contributed by atoms with Crippen molar-refractivity contribution >= 4 is 5.91 Å². The summed E-state index contributed by atoms with van der Waals surface area (Å²) in [5, 5.41) is 16.4. The van der Waals surface area contributed by atoms with Gasteiger partial charge in [-0.2, -0.15) is 0 Å². The minimum Gasteiger partial charge on any atom is -0.388 e. The second kappa shape index (κ2) is 7.41. The number of aliphatic hydroxyl groups is 1. The summed E-state index contributed by atoms with van der Waals surface area (Å²) in [6.45, 7) is 3.71. The lowest BCUT2D eigenvalue weighted by Gasteiger charge is -2.25. The fourth-order valence-corrected chi connectivity index (χ4v) is 2.64. The predicted octanol–water partition coefficient (Wildman–Crippen LogP) is 1.61. The van der Waals surface area contributed by atoms with Crippen LogP contribution in [-0.4, -0.2) is 30.1 Å². The van der Waals surface area contributed by atoms with E-state index >= 15 is 0 Å². The number of piperidine rings is 1. The lowest BCUT2D eigenvalue weighted by atomic mass is 9.97. The molecule has 1 saturated heterocycles. The Kier molecular flexibility index (Phi) is 5.56. The van der Waals surface area contributed by atoms with Crippen molar-refractivity contribution < 1.29 is 9.90 Å². The van der Waals surface area contributed by atoms with E-state index in [9.17, 15) is 9.90 Å². The number of carbonyl (C=O) groups is 1. The minimum absolute atomic E-state index is 0.0281. The van der Waals surface area contributed by atoms with E-state index in [4.69, 9.17) is 0 Å². The van der Waals surface area contributed by atoms with Crippen molar-refractivity contribution in [2.45, 2.75) is 38.3 Å². The Morgan fingerprint density at radius 2 is 2.20 bits per heavy atom. The normalized spacial score (nSPS) is 22.0. The van der Waals surface area contributed by atoms with E-state index in [-0.39, 0.29) is 17.9 Å². The number of carbonyl (C=O) groups excluding carboxylic acids is 1. The van der Waals surface area contributed by atoms with Crippen molar-refractivity contribution in [3.05, 3.63) is 35.9 Å². The molecule has 1 aliphatic heterocycles. The highest BCUT2D eigenvalue weighted by Crippen LogP contribution is 2.18. The Bertz CT molecular complexity index is 416. The summed E-state index contributed by atoms with van der Waals surface area (Å²) >= 11 is 0. The molecule has 3 N–H and O–H groups in total. The highest BCUT2D eigenvalue weighted by atomic mass is 16.3. The van der Waals surface area contributed by atoms with E-state index in [0.29, 0.717) is 6.42 Å². The molecule has 1 aromatic carbocycles. The summed E-state index contributed by atoms with van der Waals surface area (Å²) in [5.41, 5.74) is 0.896. The summed E-state index contributed by atoms with van der Waals surface area (Å²) in [6, 6.07) is 9.54. The Morgan fingerprint density at radius 1 is 1.45 bits per heavy atom. The maximum atomic E-state index is 12.1. The average Bonchev–Trinajstić information content (AvgIpc) is 2.49. The number of benzene rings is 1. The largest absolute Gasteiger partial charge is 0.388 e. The van der Waals surface area contributed by atoms with Gasteiger partial charge in [-0.3, -0.25) is 4.79 Å². The molecule has 0 aromatic heterocycles. The molecule has 110 valence electrons. The SMILES string of the molecule is CC(CC(O)c1ccccc1)NC(=O)C1CCCNC1. The second-order valence-corrected chi connectivity index (χ2v) is 5.62. The van der Waals surface area contributed by atoms with Crippen LogP contribution in [0.25, 0.3) is 0 Å². The highest BCUT2D eigenvalue weighted by molar-refractivity contribution is 5.79. The van der Waals surface area contributed by atoms with Crippen LogP contribution in [0.1, 0.15) is 37.9 Å². The molecule has 0 bridgehead atoms. The molecule has 4 heteroatoms. The zero-order chi connectivity index (χ0) is 14.4. The van der Waals surface area contributed by atoms with Crippen LogP contribution in [0.5, 0.6) is 0 Å². The number of hydrogen-bond acceptors (Lipinski definition) is 3. The van der Waals surface area contributed by atoms with Crippen LogP contribution in [0.2, 0.25) is 0 Å². The fraction of sp³-hybridized carbons (Fsp3) is 0.562. The van der Waals surface area contributed by atoms with E-state index in [1.165, 1.54) is 0 Å². The van der Waals surface area contributed by atoms with Gasteiger partial charge in [0.15, 0.2) is 0 Å². The lowest BCUT2D eigenvalue weighted by Crippen LogP contribution is -2.43. The topological polar surface area (TPSA) is 61.4 Å². The predicted molar refractivity (Wildman–Crippen MR) is 79.2 cm³/mol. The van der Waals surface area contributed by atoms with Gasteiger partial charge >= 0.3 is 0 Å². The van der Waals surface area contributed by atoms with Crippen LogP contribution in [0.15, 0.2) is 30.3 Å². The third-order valence-corrected chi connectivity index (χ3v) is 3.82. The molecular formula is C16H24N2O2. The Morgan fingerprint density at radius 3 is 2.85 bits per heavy atom. The van der Waals surface area contributed by atoms with Crippen LogP contribution >= 0.6 is 0 Å². The number of nitrogens with one attached hydrogen (secondary N) is 2. The van der Waals surface area contributed by atoms with Crippen LogP contribution in [-0.2, 0) is 4.79 Å². The molecule has 3 atom stereocenters. The molecular weight excluding hydrogens is 252 g/mol. The van der Waals surface area contributed by atoms with Crippen molar-refractivity contribution in [3.8, 4) is 0 Å². The molecule has 3 unspecified atom stereocenters. The molecule has 20 heavy (non-hydrogen) atoms. The van der Waals surface area contributed by atoms with E-state index < -0.39 is 6.10 Å². The standard InChI is InChI=1S/C16H24N2O2/c1-12(10-15(19)13-6-3-2-4-7-13)18-16(20)14-8-5-9-17-11-14/h2-4,6-7,12,14-15,17,19H,5,8-11H2,1H3,(H,18,20). The lowest BCUT2D eigenvalue weighted by molar-refractivity contribution is -0.126. The fourth-order valence-electron chi connectivity index (χ4n) is 2.64. The summed E-state index contributed by atoms with van der Waals surface area (Å²) in [7, 11) is 0. The van der Waals surface area contributed by atoms with Gasteiger partial charge in [-0.05, 0) is 38.3 Å². The summed E-state index contributed by atoms with van der Waals surface area (Å²) in [5.74, 6) is 0.171. The Labute approximate surface area is 120 Å². The Hall–Kier alpha value is -1.39. The van der Waals surface area contributed by atoms with E-state index in [0.717, 1.165) is 31.5 Å². The first-order valence-corrected chi connectivity index (χ1v) is 7.41. The third-order valence-electron chi connectivity index (χ3n) is 3.82. The molecule has 0 aliphatic carbocycles. The molecule has 4 nitrogen and oxygen atoms in total. The van der Waals surface area contributed by atoms with Gasteiger partial charge in [-0.25, -0.2) is 0 Å². The first kappa shape index (κ1) is 15.0. The third kappa shape index (κ3) is 4.32. The van der Waals surface area contributed by atoms with Gasteiger partial charge in [0.1, 0.15) is 0 Å². The zero-order valence-corrected chi connectivity index (χ0v) is 12.0. The van der Waals surface area contributed by atoms with Crippen LogP contribution in [0.4, 0.5) is 0 Å². The van der Waals surface area contributed by atoms with Gasteiger partial charge in [0.25, 0.3) is 0 Å². The molecule has 1 heterocycles. The van der Waals surface area contributed by atoms with Gasteiger partial charge in [0.2, 0.25) is 5.91 Å². The number of rotatable bonds is 5. The molecule has 0 saturated carbocycles. The van der Waals surface area contributed by atoms with Gasteiger partial charge < -0.3 is 15.7 Å². The maximum Gasteiger partial charge on any atom is 0.224 e. The molecule has 1 aliphatic rings. The van der Waals surface area contributed by atoms with E-state index in [1.54, 1.807) is 0 Å². The monoisotopic (exact) mass is 276 g/mol.